The summed E-state index contributed by atoms with van der Waals surface area (Å²) in [5.41, 5.74) is 10.5. The van der Waals surface area contributed by atoms with Crippen LogP contribution in [0.1, 0.15) is 5.56 Å². The number of carbonyl (C=O) groups excluding carboxylic acids is 1. The van der Waals surface area contributed by atoms with Crippen molar-refractivity contribution in [2.24, 2.45) is 5.73 Å². The summed E-state index contributed by atoms with van der Waals surface area (Å²) in [6, 6.07) is 31.3. The van der Waals surface area contributed by atoms with Gasteiger partial charge in [-0.1, -0.05) is 54.6 Å². The summed E-state index contributed by atoms with van der Waals surface area (Å²) < 4.78 is 4.91. The molecule has 7 heteroatoms. The number of aliphatic hydroxyl groups is 1. The Kier molecular flexibility index (Phi) is 8.65. The quantitative estimate of drug-likeness (QED) is 0.230. The van der Waals surface area contributed by atoms with E-state index in [2.05, 4.69) is 10.6 Å². The number of nitrogens with one attached hydrogen (secondary N) is 2. The Hall–Kier alpha value is -4.46. The number of aromatic nitrogens is 1. The van der Waals surface area contributed by atoms with Gasteiger partial charge in [-0.2, -0.15) is 0 Å². The number of pyridine rings is 1. The van der Waals surface area contributed by atoms with Crippen molar-refractivity contribution >= 4 is 44.8 Å². The molecule has 0 fully saturated rings. The van der Waals surface area contributed by atoms with Crippen molar-refractivity contribution in [3.05, 3.63) is 103 Å². The first kappa shape index (κ1) is 25.6. The second-order valence-corrected chi connectivity index (χ2v) is 8.31. The summed E-state index contributed by atoms with van der Waals surface area (Å²) in [5, 5.41) is 17.7. The Balaban J connectivity index is 0.000000342. The van der Waals surface area contributed by atoms with Crippen LogP contribution in [-0.4, -0.2) is 36.3 Å². The van der Waals surface area contributed by atoms with E-state index < -0.39 is 0 Å². The number of carbonyl (C=O) groups is 1. The van der Waals surface area contributed by atoms with E-state index in [1.54, 1.807) is 7.11 Å². The van der Waals surface area contributed by atoms with Crippen molar-refractivity contribution in [1.29, 1.82) is 0 Å². The Bertz CT molecular complexity index is 1440. The molecule has 5 rings (SSSR count). The average Bonchev–Trinajstić information content (AvgIpc) is 2.93. The fourth-order valence-electron chi connectivity index (χ4n) is 4.00. The SMILES string of the molecule is COc1ccccc1.NCC(=O)Nc1cc(CCO)cc(Nc2c3ccccc3nc3ccccc23)c1. The molecule has 0 spiro atoms. The van der Waals surface area contributed by atoms with Gasteiger partial charge in [0.2, 0.25) is 5.91 Å². The number of nitrogens with zero attached hydrogens (tertiary/aromatic N) is 1. The van der Waals surface area contributed by atoms with Crippen LogP contribution in [0.5, 0.6) is 5.75 Å². The Labute approximate surface area is 215 Å². The van der Waals surface area contributed by atoms with Crippen LogP contribution in [0.2, 0.25) is 0 Å². The molecule has 0 unspecified atom stereocenters. The zero-order valence-corrected chi connectivity index (χ0v) is 20.6. The molecule has 37 heavy (non-hydrogen) atoms. The van der Waals surface area contributed by atoms with Crippen LogP contribution in [0.4, 0.5) is 17.1 Å². The van der Waals surface area contributed by atoms with Crippen molar-refractivity contribution in [2.75, 3.05) is 30.9 Å². The molecule has 0 saturated heterocycles. The van der Waals surface area contributed by atoms with Crippen molar-refractivity contribution < 1.29 is 14.6 Å². The maximum Gasteiger partial charge on any atom is 0.238 e. The van der Waals surface area contributed by atoms with Gasteiger partial charge in [0, 0.05) is 28.8 Å². The largest absolute Gasteiger partial charge is 0.497 e. The molecule has 5 aromatic rings. The minimum absolute atomic E-state index is 0.0227. The first-order valence-electron chi connectivity index (χ1n) is 12.0. The molecule has 188 valence electrons. The molecule has 0 bridgehead atoms. The summed E-state index contributed by atoms with van der Waals surface area (Å²) >= 11 is 0. The molecule has 7 nitrogen and oxygen atoms in total. The maximum atomic E-state index is 11.8. The van der Waals surface area contributed by atoms with Crippen LogP contribution in [-0.2, 0) is 11.2 Å². The van der Waals surface area contributed by atoms with E-state index in [1.165, 1.54) is 0 Å². The van der Waals surface area contributed by atoms with Gasteiger partial charge in [-0.15, -0.1) is 0 Å². The van der Waals surface area contributed by atoms with Crippen LogP contribution in [0.15, 0.2) is 97.1 Å². The number of hydrogen-bond acceptors (Lipinski definition) is 6. The van der Waals surface area contributed by atoms with Crippen LogP contribution in [0.25, 0.3) is 21.8 Å². The highest BCUT2D eigenvalue weighted by Crippen LogP contribution is 2.34. The van der Waals surface area contributed by atoms with Crippen LogP contribution >= 0.6 is 0 Å². The fraction of sp³-hybridized carbons (Fsp3) is 0.133. The van der Waals surface area contributed by atoms with Gasteiger partial charge in [0.05, 0.1) is 30.4 Å². The molecule has 4 aromatic carbocycles. The second kappa shape index (κ2) is 12.5. The molecule has 1 aromatic heterocycles. The van der Waals surface area contributed by atoms with Crippen molar-refractivity contribution in [2.45, 2.75) is 6.42 Å². The number of aliphatic hydroxyl groups excluding tert-OH is 1. The highest BCUT2D eigenvalue weighted by Gasteiger charge is 2.11. The number of anilines is 3. The molecule has 0 aliphatic rings. The summed E-state index contributed by atoms with van der Waals surface area (Å²) in [4.78, 5) is 16.5. The molecular formula is C30H30N4O3. The van der Waals surface area contributed by atoms with Gasteiger partial charge in [-0.05, 0) is 54.4 Å². The number of nitrogens with two attached hydrogens (primary N) is 1. The number of benzene rings is 4. The van der Waals surface area contributed by atoms with E-state index in [1.807, 2.05) is 97.1 Å². The molecular weight excluding hydrogens is 464 g/mol. The molecule has 0 saturated carbocycles. The number of rotatable bonds is 7. The lowest BCUT2D eigenvalue weighted by atomic mass is 10.1. The zero-order valence-electron chi connectivity index (χ0n) is 20.6. The number of fused-ring (bicyclic) bond motifs is 2. The molecule has 0 atom stereocenters. The van der Waals surface area contributed by atoms with Gasteiger partial charge in [-0.3, -0.25) is 4.79 Å². The summed E-state index contributed by atoms with van der Waals surface area (Å²) in [5.74, 6) is 0.643. The smallest absolute Gasteiger partial charge is 0.238 e. The molecule has 1 amide bonds. The first-order valence-corrected chi connectivity index (χ1v) is 12.0. The van der Waals surface area contributed by atoms with Gasteiger partial charge in [-0.25, -0.2) is 4.98 Å². The first-order chi connectivity index (χ1) is 18.1. The van der Waals surface area contributed by atoms with Crippen molar-refractivity contribution in [3.63, 3.8) is 0 Å². The monoisotopic (exact) mass is 494 g/mol. The topological polar surface area (TPSA) is 110 Å². The highest BCUT2D eigenvalue weighted by molar-refractivity contribution is 6.08. The van der Waals surface area contributed by atoms with Crippen molar-refractivity contribution in [1.82, 2.24) is 4.98 Å². The Morgan fingerprint density at radius 2 is 1.46 bits per heavy atom. The van der Waals surface area contributed by atoms with Crippen molar-refractivity contribution in [3.8, 4) is 5.75 Å². The Morgan fingerprint density at radius 1 is 0.865 bits per heavy atom. The minimum atomic E-state index is -0.267. The van der Waals surface area contributed by atoms with E-state index in [-0.39, 0.29) is 19.1 Å². The van der Waals surface area contributed by atoms with Crippen LogP contribution in [0, 0.1) is 0 Å². The standard InChI is InChI=1S/C23H22N4O2.C7H8O/c24-14-22(29)25-16-11-15(9-10-28)12-17(13-16)26-23-18-5-1-3-7-20(18)27-21-8-4-2-6-19(21)23;1-8-7-5-3-2-4-6-7/h1-8,11-13,28H,9-10,14,24H2,(H,25,29)(H,26,27);2-6H,1H3. The summed E-state index contributed by atoms with van der Waals surface area (Å²) in [6.45, 7) is -0.0680. The normalized spacial score (nSPS) is 10.5. The average molecular weight is 495 g/mol. The molecule has 0 aliphatic carbocycles. The number of amides is 1. The van der Waals surface area contributed by atoms with E-state index in [9.17, 15) is 9.90 Å². The predicted octanol–water partition coefficient (Wildman–Crippen LogP) is 5.26. The van der Waals surface area contributed by atoms with Gasteiger partial charge in [0.25, 0.3) is 0 Å². The molecule has 0 aliphatic heterocycles. The van der Waals surface area contributed by atoms with E-state index in [0.29, 0.717) is 12.1 Å². The lowest BCUT2D eigenvalue weighted by molar-refractivity contribution is -0.114. The van der Waals surface area contributed by atoms with Gasteiger partial charge in [0.15, 0.2) is 0 Å². The summed E-state index contributed by atoms with van der Waals surface area (Å²) in [7, 11) is 1.66. The Morgan fingerprint density at radius 3 is 2.03 bits per heavy atom. The third-order valence-electron chi connectivity index (χ3n) is 5.70. The van der Waals surface area contributed by atoms with E-state index >= 15 is 0 Å². The third-order valence-corrected chi connectivity index (χ3v) is 5.70. The lowest BCUT2D eigenvalue weighted by Gasteiger charge is -2.16. The number of hydrogen-bond donors (Lipinski definition) is 4. The minimum Gasteiger partial charge on any atom is -0.497 e. The second-order valence-electron chi connectivity index (χ2n) is 8.31. The number of ether oxygens (including phenoxy) is 1. The summed E-state index contributed by atoms with van der Waals surface area (Å²) in [6.07, 6.45) is 0.485. The number of methoxy groups -OCH3 is 1. The van der Waals surface area contributed by atoms with Gasteiger partial charge in [0.1, 0.15) is 5.75 Å². The number of para-hydroxylation sites is 3. The molecule has 0 radical (unpaired) electrons. The fourth-order valence-corrected chi connectivity index (χ4v) is 4.00. The highest BCUT2D eigenvalue weighted by atomic mass is 16.5. The van der Waals surface area contributed by atoms with E-state index in [4.69, 9.17) is 15.5 Å². The van der Waals surface area contributed by atoms with Crippen LogP contribution < -0.4 is 21.1 Å². The molecule has 5 N–H and O–H groups in total. The van der Waals surface area contributed by atoms with Gasteiger partial charge >= 0.3 is 0 Å². The maximum absolute atomic E-state index is 11.8. The predicted molar refractivity (Wildman–Crippen MR) is 150 cm³/mol. The van der Waals surface area contributed by atoms with Crippen LogP contribution in [0.3, 0.4) is 0 Å². The molecule has 1 heterocycles. The third kappa shape index (κ3) is 6.61. The zero-order chi connectivity index (χ0) is 26.0. The van der Waals surface area contributed by atoms with E-state index in [0.717, 1.165) is 44.5 Å². The lowest BCUT2D eigenvalue weighted by Crippen LogP contribution is -2.22. The van der Waals surface area contributed by atoms with Gasteiger partial charge < -0.3 is 26.2 Å².